The van der Waals surface area contributed by atoms with Gasteiger partial charge in [-0.05, 0) is 31.9 Å². The first-order valence-electron chi connectivity index (χ1n) is 6.41. The number of hydrogen-bond acceptors (Lipinski definition) is 3. The van der Waals surface area contributed by atoms with Crippen molar-refractivity contribution in [3.63, 3.8) is 0 Å². The van der Waals surface area contributed by atoms with Gasteiger partial charge in [0, 0.05) is 19.7 Å². The Balaban J connectivity index is 2.07. The van der Waals surface area contributed by atoms with Gasteiger partial charge in [-0.25, -0.2) is 4.79 Å². The van der Waals surface area contributed by atoms with Crippen LogP contribution in [0, 0.1) is 0 Å². The van der Waals surface area contributed by atoms with Gasteiger partial charge in [0.1, 0.15) is 0 Å². The number of para-hydroxylation sites is 1. The molecule has 1 N–H and O–H groups in total. The highest BCUT2D eigenvalue weighted by molar-refractivity contribution is 5.94. The zero-order valence-electron chi connectivity index (χ0n) is 10.6. The number of anilines is 1. The number of hydrogen-bond donors (Lipinski definition) is 1. The summed E-state index contributed by atoms with van der Waals surface area (Å²) in [5.74, 6) is -0.863. The van der Waals surface area contributed by atoms with Gasteiger partial charge in [0.05, 0.1) is 17.4 Å². The molecule has 18 heavy (non-hydrogen) atoms. The number of aromatic carboxylic acids is 1. The molecular weight excluding hydrogens is 230 g/mol. The molecule has 0 aliphatic carbocycles. The minimum Gasteiger partial charge on any atom is -0.478 e. The molecule has 0 bridgehead atoms. The number of ether oxygens (including phenoxy) is 1. The molecule has 0 unspecified atom stereocenters. The van der Waals surface area contributed by atoms with Crippen molar-refractivity contribution in [2.75, 3.05) is 24.6 Å². The summed E-state index contributed by atoms with van der Waals surface area (Å²) in [7, 11) is 0. The van der Waals surface area contributed by atoms with Crippen LogP contribution in [0.25, 0.3) is 0 Å². The number of carbonyl (C=O) groups is 1. The normalized spacial score (nSPS) is 16.8. The van der Waals surface area contributed by atoms with Gasteiger partial charge in [-0.3, -0.25) is 0 Å². The second-order valence-electron chi connectivity index (χ2n) is 4.46. The molecule has 0 atom stereocenters. The largest absolute Gasteiger partial charge is 0.478 e. The van der Waals surface area contributed by atoms with Crippen LogP contribution in [0.4, 0.5) is 5.69 Å². The molecule has 1 aliphatic heterocycles. The SMILES string of the molecule is CCOC1CCN(c2ccccc2C(=O)O)CC1. The minimum atomic E-state index is -0.863. The zero-order valence-corrected chi connectivity index (χ0v) is 10.6. The molecule has 1 saturated heterocycles. The van der Waals surface area contributed by atoms with Crippen LogP contribution >= 0.6 is 0 Å². The average molecular weight is 249 g/mol. The van der Waals surface area contributed by atoms with E-state index < -0.39 is 5.97 Å². The predicted molar refractivity (Wildman–Crippen MR) is 70.3 cm³/mol. The maximum absolute atomic E-state index is 11.2. The van der Waals surface area contributed by atoms with Gasteiger partial charge < -0.3 is 14.7 Å². The standard InChI is InChI=1S/C14H19NO3/c1-2-18-11-7-9-15(10-8-11)13-6-4-3-5-12(13)14(16)17/h3-6,11H,2,7-10H2,1H3,(H,16,17). The third-order valence-corrected chi connectivity index (χ3v) is 3.32. The van der Waals surface area contributed by atoms with Crippen molar-refractivity contribution < 1.29 is 14.6 Å². The van der Waals surface area contributed by atoms with E-state index in [1.54, 1.807) is 12.1 Å². The van der Waals surface area contributed by atoms with E-state index >= 15 is 0 Å². The Morgan fingerprint density at radius 2 is 2.06 bits per heavy atom. The topological polar surface area (TPSA) is 49.8 Å². The maximum Gasteiger partial charge on any atom is 0.337 e. The number of carboxylic acids is 1. The van der Waals surface area contributed by atoms with Crippen LogP contribution in [0.15, 0.2) is 24.3 Å². The second-order valence-corrected chi connectivity index (χ2v) is 4.46. The predicted octanol–water partition coefficient (Wildman–Crippen LogP) is 2.39. The van der Waals surface area contributed by atoms with Gasteiger partial charge >= 0.3 is 5.97 Å². The van der Waals surface area contributed by atoms with Crippen LogP contribution in [0.2, 0.25) is 0 Å². The van der Waals surface area contributed by atoms with Crippen LogP contribution in [0.1, 0.15) is 30.1 Å². The minimum absolute atomic E-state index is 0.322. The van der Waals surface area contributed by atoms with E-state index in [9.17, 15) is 9.90 Å². The zero-order chi connectivity index (χ0) is 13.0. The molecule has 2 rings (SSSR count). The lowest BCUT2D eigenvalue weighted by molar-refractivity contribution is 0.0459. The van der Waals surface area contributed by atoms with Gasteiger partial charge in [0.2, 0.25) is 0 Å². The Bertz CT molecular complexity index is 411. The molecular formula is C14H19NO3. The molecule has 0 amide bonds. The summed E-state index contributed by atoms with van der Waals surface area (Å²) in [6.07, 6.45) is 2.24. The summed E-state index contributed by atoms with van der Waals surface area (Å²) in [5.41, 5.74) is 1.20. The summed E-state index contributed by atoms with van der Waals surface area (Å²) >= 11 is 0. The molecule has 0 spiro atoms. The lowest BCUT2D eigenvalue weighted by atomic mass is 10.0. The number of nitrogens with zero attached hydrogens (tertiary/aromatic N) is 1. The van der Waals surface area contributed by atoms with E-state index in [4.69, 9.17) is 4.74 Å². The molecule has 1 heterocycles. The van der Waals surface area contributed by atoms with E-state index in [2.05, 4.69) is 4.90 Å². The summed E-state index contributed by atoms with van der Waals surface area (Å²) in [4.78, 5) is 13.3. The van der Waals surface area contributed by atoms with Crippen LogP contribution in [0.3, 0.4) is 0 Å². The second kappa shape index (κ2) is 5.87. The highest BCUT2D eigenvalue weighted by Gasteiger charge is 2.22. The van der Waals surface area contributed by atoms with Crippen LogP contribution in [0.5, 0.6) is 0 Å². The lowest BCUT2D eigenvalue weighted by Gasteiger charge is -2.34. The van der Waals surface area contributed by atoms with E-state index in [0.717, 1.165) is 38.2 Å². The molecule has 1 fully saturated rings. The van der Waals surface area contributed by atoms with Crippen molar-refractivity contribution in [2.45, 2.75) is 25.9 Å². The summed E-state index contributed by atoms with van der Waals surface area (Å²) < 4.78 is 5.60. The first kappa shape index (κ1) is 12.9. The summed E-state index contributed by atoms with van der Waals surface area (Å²) in [6.45, 7) is 4.46. The first-order chi connectivity index (χ1) is 8.72. The molecule has 4 heteroatoms. The smallest absolute Gasteiger partial charge is 0.337 e. The fourth-order valence-electron chi connectivity index (χ4n) is 2.43. The highest BCUT2D eigenvalue weighted by atomic mass is 16.5. The molecule has 0 saturated carbocycles. The van der Waals surface area contributed by atoms with Crippen molar-refractivity contribution in [1.29, 1.82) is 0 Å². The molecule has 0 radical (unpaired) electrons. The highest BCUT2D eigenvalue weighted by Crippen LogP contribution is 2.25. The van der Waals surface area contributed by atoms with E-state index in [1.807, 2.05) is 19.1 Å². The third kappa shape index (κ3) is 2.82. The van der Waals surface area contributed by atoms with Crippen LogP contribution < -0.4 is 4.90 Å². The molecule has 0 aromatic heterocycles. The Morgan fingerprint density at radius 3 is 2.67 bits per heavy atom. The Morgan fingerprint density at radius 1 is 1.39 bits per heavy atom. The molecule has 4 nitrogen and oxygen atoms in total. The van der Waals surface area contributed by atoms with Crippen LogP contribution in [-0.4, -0.2) is 36.9 Å². The molecule has 1 aromatic carbocycles. The van der Waals surface area contributed by atoms with Gasteiger partial charge in [-0.2, -0.15) is 0 Å². The van der Waals surface area contributed by atoms with E-state index in [0.29, 0.717) is 11.7 Å². The van der Waals surface area contributed by atoms with Crippen molar-refractivity contribution >= 4 is 11.7 Å². The molecule has 1 aromatic rings. The Hall–Kier alpha value is -1.55. The fraction of sp³-hybridized carbons (Fsp3) is 0.500. The van der Waals surface area contributed by atoms with Gasteiger partial charge in [-0.1, -0.05) is 12.1 Å². The quantitative estimate of drug-likeness (QED) is 0.890. The van der Waals surface area contributed by atoms with Gasteiger partial charge in [-0.15, -0.1) is 0 Å². The van der Waals surface area contributed by atoms with Crippen molar-refractivity contribution in [1.82, 2.24) is 0 Å². The Labute approximate surface area is 107 Å². The van der Waals surface area contributed by atoms with Gasteiger partial charge in [0.25, 0.3) is 0 Å². The monoisotopic (exact) mass is 249 g/mol. The van der Waals surface area contributed by atoms with Crippen molar-refractivity contribution in [3.05, 3.63) is 29.8 Å². The summed E-state index contributed by atoms with van der Waals surface area (Å²) in [5, 5.41) is 9.18. The fourth-order valence-corrected chi connectivity index (χ4v) is 2.43. The Kier molecular flexibility index (Phi) is 4.20. The number of carboxylic acid groups (broad SMARTS) is 1. The summed E-state index contributed by atoms with van der Waals surface area (Å²) in [6, 6.07) is 7.19. The molecule has 98 valence electrons. The number of benzene rings is 1. The van der Waals surface area contributed by atoms with E-state index in [1.165, 1.54) is 0 Å². The average Bonchev–Trinajstić information content (AvgIpc) is 2.40. The number of piperidine rings is 1. The number of rotatable bonds is 4. The van der Waals surface area contributed by atoms with E-state index in [-0.39, 0.29) is 0 Å². The third-order valence-electron chi connectivity index (χ3n) is 3.32. The van der Waals surface area contributed by atoms with Crippen molar-refractivity contribution in [3.8, 4) is 0 Å². The van der Waals surface area contributed by atoms with Gasteiger partial charge in [0.15, 0.2) is 0 Å². The van der Waals surface area contributed by atoms with Crippen molar-refractivity contribution in [2.24, 2.45) is 0 Å². The lowest BCUT2D eigenvalue weighted by Crippen LogP contribution is -2.37. The van der Waals surface area contributed by atoms with Crippen LogP contribution in [-0.2, 0) is 4.74 Å². The molecule has 1 aliphatic rings. The first-order valence-corrected chi connectivity index (χ1v) is 6.41. The maximum atomic E-state index is 11.2.